The van der Waals surface area contributed by atoms with Crippen LogP contribution in [0.15, 0.2) is 133 Å². The fourth-order valence-electron chi connectivity index (χ4n) is 5.88. The van der Waals surface area contributed by atoms with E-state index < -0.39 is 0 Å². The minimum Gasteiger partial charge on any atom is -0.316 e. The molecule has 0 aliphatic carbocycles. The first-order valence-electron chi connectivity index (χ1n) is 17.4. The van der Waals surface area contributed by atoms with Crippen LogP contribution in [-0.2, 0) is 0 Å². The lowest BCUT2D eigenvalue weighted by Gasteiger charge is -2.31. The third-order valence-corrected chi connectivity index (χ3v) is 9.70. The highest BCUT2D eigenvalue weighted by Crippen LogP contribution is 2.26. The van der Waals surface area contributed by atoms with E-state index in [1.54, 1.807) is 0 Å². The minimum atomic E-state index is 0.289. The standard InChI is InChI=1S/C42H50N12/c1-47(31-15-11-9-12-16-31)39(43)49(3)33-19-23-35(24-20-33)51(5)41(45)53(7)37-27-29-38(30-28-37)54(8)42(46)52(6)36-25-21-34(22-26-36)50(4)40(44)48(2)32-17-13-10-14-18-32/h9-30,43-46H,1-8H3. The molecule has 12 heteroatoms. The molecule has 0 atom stereocenters. The van der Waals surface area contributed by atoms with Crippen molar-refractivity contribution >= 4 is 69.3 Å². The molecule has 0 saturated heterocycles. The van der Waals surface area contributed by atoms with E-state index in [1.165, 1.54) is 0 Å². The summed E-state index contributed by atoms with van der Waals surface area (Å²) in [6, 6.07) is 43.0. The summed E-state index contributed by atoms with van der Waals surface area (Å²) >= 11 is 0. The molecule has 54 heavy (non-hydrogen) atoms. The van der Waals surface area contributed by atoms with Crippen LogP contribution in [0, 0.1) is 21.6 Å². The molecule has 278 valence electrons. The van der Waals surface area contributed by atoms with Gasteiger partial charge in [0.25, 0.3) is 0 Å². The molecule has 0 unspecified atom stereocenters. The van der Waals surface area contributed by atoms with E-state index in [4.69, 9.17) is 21.6 Å². The Morgan fingerprint density at radius 1 is 0.241 bits per heavy atom. The van der Waals surface area contributed by atoms with E-state index in [0.717, 1.165) is 45.5 Å². The zero-order chi connectivity index (χ0) is 39.1. The van der Waals surface area contributed by atoms with Crippen molar-refractivity contribution in [2.24, 2.45) is 0 Å². The molecule has 0 bridgehead atoms. The fraction of sp³-hybridized carbons (Fsp3) is 0.190. The van der Waals surface area contributed by atoms with Gasteiger partial charge in [0.1, 0.15) is 0 Å². The number of anilines is 8. The van der Waals surface area contributed by atoms with Crippen molar-refractivity contribution in [1.82, 2.24) is 0 Å². The predicted octanol–water partition coefficient (Wildman–Crippen LogP) is 7.72. The van der Waals surface area contributed by atoms with Gasteiger partial charge >= 0.3 is 0 Å². The Morgan fingerprint density at radius 2 is 0.370 bits per heavy atom. The Morgan fingerprint density at radius 3 is 0.519 bits per heavy atom. The Hall–Kier alpha value is -6.82. The Bertz CT molecular complexity index is 1900. The smallest absolute Gasteiger partial charge is 0.202 e. The van der Waals surface area contributed by atoms with Crippen LogP contribution in [0.1, 0.15) is 0 Å². The third kappa shape index (κ3) is 8.28. The Kier molecular flexibility index (Phi) is 11.9. The van der Waals surface area contributed by atoms with Crippen LogP contribution in [0.2, 0.25) is 0 Å². The highest BCUT2D eigenvalue weighted by Gasteiger charge is 2.19. The van der Waals surface area contributed by atoms with Crippen molar-refractivity contribution < 1.29 is 0 Å². The number of nitrogens with zero attached hydrogens (tertiary/aromatic N) is 8. The van der Waals surface area contributed by atoms with E-state index in [1.807, 2.05) is 229 Å². The second-order valence-corrected chi connectivity index (χ2v) is 13.0. The van der Waals surface area contributed by atoms with Crippen molar-refractivity contribution in [2.45, 2.75) is 0 Å². The van der Waals surface area contributed by atoms with E-state index in [-0.39, 0.29) is 11.9 Å². The maximum Gasteiger partial charge on any atom is 0.202 e. The van der Waals surface area contributed by atoms with E-state index in [9.17, 15) is 0 Å². The van der Waals surface area contributed by atoms with Crippen LogP contribution < -0.4 is 39.2 Å². The highest BCUT2D eigenvalue weighted by molar-refractivity contribution is 6.08. The lowest BCUT2D eigenvalue weighted by Crippen LogP contribution is -2.40. The van der Waals surface area contributed by atoms with Gasteiger partial charge in [0, 0.05) is 102 Å². The van der Waals surface area contributed by atoms with Gasteiger partial charge in [0.05, 0.1) is 0 Å². The largest absolute Gasteiger partial charge is 0.316 e. The van der Waals surface area contributed by atoms with Gasteiger partial charge in [-0.2, -0.15) is 0 Å². The van der Waals surface area contributed by atoms with Crippen molar-refractivity contribution in [2.75, 3.05) is 95.6 Å². The topological polar surface area (TPSA) is 121 Å². The number of hydrogen-bond donors (Lipinski definition) is 4. The summed E-state index contributed by atoms with van der Waals surface area (Å²) in [7, 11) is 14.9. The summed E-state index contributed by atoms with van der Waals surface area (Å²) in [5.41, 5.74) is 6.96. The maximum absolute atomic E-state index is 8.95. The second kappa shape index (κ2) is 16.7. The van der Waals surface area contributed by atoms with Crippen molar-refractivity contribution in [1.29, 1.82) is 21.6 Å². The molecular weight excluding hydrogens is 673 g/mol. The normalized spacial score (nSPS) is 10.5. The average Bonchev–Trinajstić information content (AvgIpc) is 3.23. The Labute approximate surface area is 319 Å². The third-order valence-electron chi connectivity index (χ3n) is 9.70. The van der Waals surface area contributed by atoms with Gasteiger partial charge in [0.2, 0.25) is 23.8 Å². The van der Waals surface area contributed by atoms with Gasteiger partial charge in [-0.15, -0.1) is 0 Å². The van der Waals surface area contributed by atoms with Gasteiger partial charge in [-0.1, -0.05) is 36.4 Å². The van der Waals surface area contributed by atoms with E-state index >= 15 is 0 Å². The summed E-state index contributed by atoms with van der Waals surface area (Å²) < 4.78 is 0. The molecule has 0 aromatic heterocycles. The van der Waals surface area contributed by atoms with Crippen molar-refractivity contribution in [3.63, 3.8) is 0 Å². The monoisotopic (exact) mass is 722 g/mol. The maximum atomic E-state index is 8.95. The first-order chi connectivity index (χ1) is 25.8. The van der Waals surface area contributed by atoms with E-state index in [2.05, 4.69) is 0 Å². The molecule has 5 aromatic rings. The van der Waals surface area contributed by atoms with Crippen LogP contribution in [-0.4, -0.2) is 80.2 Å². The van der Waals surface area contributed by atoms with Crippen LogP contribution in [0.4, 0.5) is 45.5 Å². The number of nitrogens with one attached hydrogen (secondary N) is 4. The molecule has 4 N–H and O–H groups in total. The molecule has 12 nitrogen and oxygen atoms in total. The van der Waals surface area contributed by atoms with Crippen LogP contribution in [0.3, 0.4) is 0 Å². The number of hydrogen-bond acceptors (Lipinski definition) is 4. The molecule has 0 radical (unpaired) electrons. The van der Waals surface area contributed by atoms with Crippen LogP contribution in [0.25, 0.3) is 0 Å². The molecule has 0 aliphatic heterocycles. The Balaban J connectivity index is 1.17. The van der Waals surface area contributed by atoms with Gasteiger partial charge in [0.15, 0.2) is 0 Å². The van der Waals surface area contributed by atoms with Crippen molar-refractivity contribution in [3.8, 4) is 0 Å². The average molecular weight is 723 g/mol. The van der Waals surface area contributed by atoms with Crippen LogP contribution >= 0.6 is 0 Å². The first kappa shape index (κ1) is 38.4. The summed E-state index contributed by atoms with van der Waals surface area (Å²) in [5.74, 6) is 1.26. The summed E-state index contributed by atoms with van der Waals surface area (Å²) in [5, 5.41) is 35.3. The molecule has 0 spiro atoms. The SMILES string of the molecule is CN(C(=N)N(C)c1ccc(N(C)C(=N)N(C)c2ccc(N(C)C(=N)N(C)c3ccc(N(C)C(=N)N(C)c4ccccc4)cc3)cc2)cc1)c1ccccc1. The first-order valence-corrected chi connectivity index (χ1v) is 17.4. The fourth-order valence-corrected chi connectivity index (χ4v) is 5.88. The van der Waals surface area contributed by atoms with E-state index in [0.29, 0.717) is 11.9 Å². The summed E-state index contributed by atoms with van der Waals surface area (Å²) in [6.07, 6.45) is 0. The minimum absolute atomic E-state index is 0.289. The molecule has 0 saturated carbocycles. The number of benzene rings is 5. The van der Waals surface area contributed by atoms with Gasteiger partial charge in [-0.25, -0.2) is 0 Å². The second-order valence-electron chi connectivity index (χ2n) is 13.0. The van der Waals surface area contributed by atoms with Gasteiger partial charge in [-0.05, 0) is 97.1 Å². The lowest BCUT2D eigenvalue weighted by molar-refractivity contribution is 1.10. The zero-order valence-electron chi connectivity index (χ0n) is 32.3. The molecule has 0 heterocycles. The molecular formula is C42H50N12. The zero-order valence-corrected chi connectivity index (χ0v) is 32.3. The molecule has 0 amide bonds. The summed E-state index contributed by atoms with van der Waals surface area (Å²) in [4.78, 5) is 14.5. The van der Waals surface area contributed by atoms with Gasteiger partial charge in [-0.3, -0.25) is 21.6 Å². The quantitative estimate of drug-likeness (QED) is 0.0950. The number of guanidine groups is 4. The highest BCUT2D eigenvalue weighted by atomic mass is 15.4. The lowest BCUT2D eigenvalue weighted by atomic mass is 10.2. The predicted molar refractivity (Wildman–Crippen MR) is 230 cm³/mol. The van der Waals surface area contributed by atoms with Crippen molar-refractivity contribution in [3.05, 3.63) is 133 Å². The number of para-hydroxylation sites is 2. The van der Waals surface area contributed by atoms with Crippen LogP contribution in [0.5, 0.6) is 0 Å². The molecule has 5 aromatic carbocycles. The molecule has 5 rings (SSSR count). The molecule has 0 aliphatic rings. The summed E-state index contributed by atoms with van der Waals surface area (Å²) in [6.45, 7) is 0. The molecule has 0 fully saturated rings. The number of rotatable bonds is 8. The van der Waals surface area contributed by atoms with Gasteiger partial charge < -0.3 is 39.2 Å².